The average Bonchev–Trinajstić information content (AvgIpc) is 2.94. The van der Waals surface area contributed by atoms with Crippen molar-refractivity contribution in [2.24, 2.45) is 0 Å². The van der Waals surface area contributed by atoms with Crippen molar-refractivity contribution in [1.29, 1.82) is 0 Å². The number of rotatable bonds is 10. The van der Waals surface area contributed by atoms with Gasteiger partial charge in [-0.15, -0.1) is 0 Å². The van der Waals surface area contributed by atoms with Crippen molar-refractivity contribution in [3.63, 3.8) is 0 Å². The van der Waals surface area contributed by atoms with Crippen molar-refractivity contribution < 1.29 is 26.4 Å². The second-order valence-electron chi connectivity index (χ2n) is 9.02. The van der Waals surface area contributed by atoms with Gasteiger partial charge < -0.3 is 10.1 Å². The van der Waals surface area contributed by atoms with Gasteiger partial charge in [0.2, 0.25) is 5.91 Å². The first kappa shape index (κ1) is 28.7. The Bertz CT molecular complexity index is 1710. The monoisotopic (exact) mass is 579 g/mol. The number of carbonyl (C=O) groups excluding carboxylic acids is 1. The Balaban J connectivity index is 1.52. The molecule has 11 heteroatoms. The molecule has 0 aliphatic carbocycles. The molecule has 0 aliphatic heterocycles. The van der Waals surface area contributed by atoms with Crippen LogP contribution in [0.25, 0.3) is 0 Å². The largest absolute Gasteiger partial charge is 0.497 e. The van der Waals surface area contributed by atoms with Gasteiger partial charge in [-0.25, -0.2) is 16.8 Å². The maximum atomic E-state index is 13.5. The van der Waals surface area contributed by atoms with Crippen LogP contribution in [0.5, 0.6) is 5.75 Å². The molecule has 4 aromatic carbocycles. The lowest BCUT2D eigenvalue weighted by molar-refractivity contribution is -0.114. The number of benzene rings is 4. The highest BCUT2D eigenvalue weighted by atomic mass is 32.2. The summed E-state index contributed by atoms with van der Waals surface area (Å²) in [5, 5.41) is 2.65. The number of hydrogen-bond donors (Lipinski definition) is 2. The number of amides is 1. The molecule has 40 heavy (non-hydrogen) atoms. The molecule has 0 atom stereocenters. The second kappa shape index (κ2) is 11.8. The molecule has 0 bridgehead atoms. The molecule has 0 unspecified atom stereocenters. The third kappa shape index (κ3) is 6.61. The summed E-state index contributed by atoms with van der Waals surface area (Å²) in [5.74, 6) is -0.0772. The van der Waals surface area contributed by atoms with Crippen molar-refractivity contribution in [2.75, 3.05) is 28.0 Å². The first-order valence-corrected chi connectivity index (χ1v) is 15.1. The minimum absolute atomic E-state index is 0.0111. The van der Waals surface area contributed by atoms with E-state index in [0.717, 1.165) is 15.4 Å². The van der Waals surface area contributed by atoms with E-state index in [2.05, 4.69) is 10.0 Å². The lowest BCUT2D eigenvalue weighted by atomic mass is 10.1. The second-order valence-corrected chi connectivity index (χ2v) is 12.6. The lowest BCUT2D eigenvalue weighted by Gasteiger charge is -2.24. The van der Waals surface area contributed by atoms with Gasteiger partial charge in [0.1, 0.15) is 12.3 Å². The van der Waals surface area contributed by atoms with E-state index in [1.54, 1.807) is 48.5 Å². The highest BCUT2D eigenvalue weighted by Gasteiger charge is 2.27. The van der Waals surface area contributed by atoms with Crippen LogP contribution in [-0.2, 0) is 24.8 Å². The summed E-state index contributed by atoms with van der Waals surface area (Å²) in [7, 11) is -6.45. The van der Waals surface area contributed by atoms with E-state index in [4.69, 9.17) is 4.74 Å². The number of aryl methyl sites for hydroxylation is 2. The normalized spacial score (nSPS) is 11.5. The molecule has 4 rings (SSSR count). The molecule has 0 spiro atoms. The number of nitrogens with zero attached hydrogens (tertiary/aromatic N) is 1. The van der Waals surface area contributed by atoms with Gasteiger partial charge in [0, 0.05) is 5.69 Å². The number of sulfonamides is 2. The molecule has 1 amide bonds. The molecule has 0 saturated carbocycles. The van der Waals surface area contributed by atoms with Crippen molar-refractivity contribution in [3.8, 4) is 5.75 Å². The van der Waals surface area contributed by atoms with Crippen LogP contribution in [0.1, 0.15) is 11.1 Å². The molecule has 0 aromatic heterocycles. The quantitative estimate of drug-likeness (QED) is 0.274. The van der Waals surface area contributed by atoms with Gasteiger partial charge in [-0.1, -0.05) is 35.9 Å². The van der Waals surface area contributed by atoms with E-state index in [1.807, 2.05) is 26.0 Å². The first-order valence-electron chi connectivity index (χ1n) is 12.2. The summed E-state index contributed by atoms with van der Waals surface area (Å²) in [6.07, 6.45) is 0. The van der Waals surface area contributed by atoms with Gasteiger partial charge in [-0.2, -0.15) is 0 Å². The van der Waals surface area contributed by atoms with Crippen LogP contribution in [0, 0.1) is 13.8 Å². The topological polar surface area (TPSA) is 122 Å². The van der Waals surface area contributed by atoms with Crippen LogP contribution in [0.2, 0.25) is 0 Å². The van der Waals surface area contributed by atoms with E-state index in [1.165, 1.54) is 43.5 Å². The zero-order valence-corrected chi connectivity index (χ0v) is 23.8. The molecular weight excluding hydrogens is 550 g/mol. The highest BCUT2D eigenvalue weighted by molar-refractivity contribution is 7.93. The van der Waals surface area contributed by atoms with Gasteiger partial charge in [0.15, 0.2) is 0 Å². The van der Waals surface area contributed by atoms with Crippen LogP contribution in [0.4, 0.5) is 17.1 Å². The van der Waals surface area contributed by atoms with E-state index < -0.39 is 32.5 Å². The van der Waals surface area contributed by atoms with Gasteiger partial charge in [-0.05, 0) is 86.1 Å². The Morgan fingerprint density at radius 1 is 0.800 bits per heavy atom. The summed E-state index contributed by atoms with van der Waals surface area (Å²) in [6.45, 7) is 3.22. The molecule has 208 valence electrons. The maximum absolute atomic E-state index is 13.5. The summed E-state index contributed by atoms with van der Waals surface area (Å²) in [5.41, 5.74) is 2.86. The molecule has 2 N–H and O–H groups in total. The summed E-state index contributed by atoms with van der Waals surface area (Å²) >= 11 is 0. The van der Waals surface area contributed by atoms with Crippen LogP contribution in [0.15, 0.2) is 107 Å². The standard InChI is InChI=1S/C29H29N3O6S2/c1-21-9-18-28(22(2)19-21)31-39(34,35)26-16-10-23(11-17-26)30-29(33)20-32(24-12-14-25(38-3)15-13-24)40(36,37)27-7-5-4-6-8-27/h4-19,31H,20H2,1-3H3,(H,30,33). The Hall–Kier alpha value is -4.35. The minimum Gasteiger partial charge on any atom is -0.497 e. The molecule has 0 radical (unpaired) electrons. The van der Waals surface area contributed by atoms with Crippen LogP contribution >= 0.6 is 0 Å². The number of methoxy groups -OCH3 is 1. The maximum Gasteiger partial charge on any atom is 0.264 e. The van der Waals surface area contributed by atoms with Gasteiger partial charge in [0.05, 0.1) is 28.3 Å². The minimum atomic E-state index is -4.08. The molecule has 0 aliphatic rings. The summed E-state index contributed by atoms with van der Waals surface area (Å²) in [4.78, 5) is 13.1. The SMILES string of the molecule is COc1ccc(N(CC(=O)Nc2ccc(S(=O)(=O)Nc3ccc(C)cc3C)cc2)S(=O)(=O)c2ccccc2)cc1. The zero-order valence-electron chi connectivity index (χ0n) is 22.2. The Morgan fingerprint density at radius 2 is 1.45 bits per heavy atom. The third-order valence-corrected chi connectivity index (χ3v) is 9.22. The number of nitrogens with one attached hydrogen (secondary N) is 2. The number of hydrogen-bond acceptors (Lipinski definition) is 6. The van der Waals surface area contributed by atoms with Crippen molar-refractivity contribution >= 4 is 43.0 Å². The van der Waals surface area contributed by atoms with Crippen LogP contribution in [0.3, 0.4) is 0 Å². The Morgan fingerprint density at radius 3 is 2.05 bits per heavy atom. The van der Waals surface area contributed by atoms with Gasteiger partial charge in [-0.3, -0.25) is 13.8 Å². The van der Waals surface area contributed by atoms with Crippen molar-refractivity contribution in [2.45, 2.75) is 23.6 Å². The summed E-state index contributed by atoms with van der Waals surface area (Å²) in [6, 6.07) is 25.1. The van der Waals surface area contributed by atoms with E-state index in [9.17, 15) is 21.6 Å². The average molecular weight is 580 g/mol. The fraction of sp³-hybridized carbons (Fsp3) is 0.138. The zero-order chi connectivity index (χ0) is 28.9. The lowest BCUT2D eigenvalue weighted by Crippen LogP contribution is -2.38. The fourth-order valence-electron chi connectivity index (χ4n) is 3.96. The predicted octanol–water partition coefficient (Wildman–Crippen LogP) is 4.95. The van der Waals surface area contributed by atoms with E-state index in [-0.39, 0.29) is 15.5 Å². The van der Waals surface area contributed by atoms with Gasteiger partial charge >= 0.3 is 0 Å². The molecule has 0 saturated heterocycles. The first-order chi connectivity index (χ1) is 19.0. The Kier molecular flexibility index (Phi) is 8.46. The van der Waals surface area contributed by atoms with E-state index >= 15 is 0 Å². The molecule has 0 heterocycles. The third-order valence-electron chi connectivity index (χ3n) is 6.05. The molecule has 9 nitrogen and oxygen atoms in total. The van der Waals surface area contributed by atoms with Crippen LogP contribution in [-0.4, -0.2) is 36.4 Å². The van der Waals surface area contributed by atoms with Crippen LogP contribution < -0.4 is 19.1 Å². The summed E-state index contributed by atoms with van der Waals surface area (Å²) < 4.78 is 61.4. The van der Waals surface area contributed by atoms with Crippen molar-refractivity contribution in [1.82, 2.24) is 0 Å². The van der Waals surface area contributed by atoms with Crippen molar-refractivity contribution in [3.05, 3.63) is 108 Å². The highest BCUT2D eigenvalue weighted by Crippen LogP contribution is 2.26. The molecule has 0 fully saturated rings. The number of anilines is 3. The van der Waals surface area contributed by atoms with E-state index in [0.29, 0.717) is 17.1 Å². The Labute approximate surface area is 234 Å². The fourth-order valence-corrected chi connectivity index (χ4v) is 6.54. The smallest absolute Gasteiger partial charge is 0.264 e. The molecular formula is C29H29N3O6S2. The number of carbonyl (C=O) groups is 1. The number of ether oxygens (including phenoxy) is 1. The predicted molar refractivity (Wildman–Crippen MR) is 156 cm³/mol. The molecule has 4 aromatic rings. The van der Waals surface area contributed by atoms with Gasteiger partial charge in [0.25, 0.3) is 20.0 Å².